The minimum atomic E-state index is -4.62. The van der Waals surface area contributed by atoms with Crippen molar-refractivity contribution in [2.24, 2.45) is 0 Å². The molecule has 0 aliphatic rings. The van der Waals surface area contributed by atoms with Crippen LogP contribution in [-0.2, 0) is 6.18 Å². The van der Waals surface area contributed by atoms with Crippen molar-refractivity contribution in [3.8, 4) is 11.1 Å². The third-order valence-electron chi connectivity index (χ3n) is 2.37. The first-order valence-corrected chi connectivity index (χ1v) is 5.36. The molecular weight excluding hydrogens is 266 g/mol. The van der Waals surface area contributed by atoms with E-state index in [2.05, 4.69) is 17.2 Å². The lowest BCUT2D eigenvalue weighted by Crippen LogP contribution is -2.10. The summed E-state index contributed by atoms with van der Waals surface area (Å²) in [4.78, 5) is 2.06. The minimum absolute atomic E-state index is 0.0533. The molecule has 0 aliphatic heterocycles. The van der Waals surface area contributed by atoms with Crippen LogP contribution in [0.4, 0.5) is 17.6 Å². The number of halogens is 4. The molecule has 94 valence electrons. The summed E-state index contributed by atoms with van der Waals surface area (Å²) in [5.41, 5.74) is -1.41. The molecule has 0 bridgehead atoms. The van der Waals surface area contributed by atoms with E-state index in [1.807, 2.05) is 0 Å². The number of rotatable bonds is 1. The first-order chi connectivity index (χ1) is 8.39. The van der Waals surface area contributed by atoms with Crippen molar-refractivity contribution in [3.05, 3.63) is 52.5 Å². The molecule has 1 nitrogen and oxygen atoms in total. The third-order valence-corrected chi connectivity index (χ3v) is 2.60. The van der Waals surface area contributed by atoms with Gasteiger partial charge in [-0.15, -0.1) is 0 Å². The lowest BCUT2D eigenvalue weighted by Gasteiger charge is -2.13. The van der Waals surface area contributed by atoms with Gasteiger partial charge in [-0.05, 0) is 18.2 Å². The van der Waals surface area contributed by atoms with Crippen molar-refractivity contribution in [2.75, 3.05) is 0 Å². The summed E-state index contributed by atoms with van der Waals surface area (Å²) in [6.45, 7) is 0. The van der Waals surface area contributed by atoms with E-state index in [1.54, 1.807) is 0 Å². The van der Waals surface area contributed by atoms with Crippen LogP contribution in [0.2, 0.25) is 0 Å². The number of nitrogens with one attached hydrogen (secondary N) is 1. The summed E-state index contributed by atoms with van der Waals surface area (Å²) in [5.74, 6) is -0.714. The van der Waals surface area contributed by atoms with E-state index in [1.165, 1.54) is 30.3 Å². The number of aromatic amines is 1. The summed E-state index contributed by atoms with van der Waals surface area (Å²) < 4.78 is 52.0. The standard InChI is InChI=1S/C12H7F4NS/c13-9-4-2-1-3-7(9)8-5-6-10(18)17-11(8)12(14,15)16/h1-6H,(H,17,18). The van der Waals surface area contributed by atoms with Crippen LogP contribution >= 0.6 is 12.2 Å². The van der Waals surface area contributed by atoms with E-state index in [9.17, 15) is 17.6 Å². The number of alkyl halides is 3. The van der Waals surface area contributed by atoms with Gasteiger partial charge in [0.25, 0.3) is 0 Å². The number of hydrogen-bond donors (Lipinski definition) is 1. The monoisotopic (exact) mass is 273 g/mol. The van der Waals surface area contributed by atoms with Gasteiger partial charge in [-0.25, -0.2) is 4.39 Å². The summed E-state index contributed by atoms with van der Waals surface area (Å²) in [6.07, 6.45) is -4.62. The Hall–Kier alpha value is -1.69. The van der Waals surface area contributed by atoms with Crippen LogP contribution in [0.15, 0.2) is 36.4 Å². The largest absolute Gasteiger partial charge is 0.431 e. The molecule has 0 radical (unpaired) electrons. The normalized spacial score (nSPS) is 11.6. The van der Waals surface area contributed by atoms with Crippen molar-refractivity contribution in [3.63, 3.8) is 0 Å². The molecule has 1 aromatic carbocycles. The Kier molecular flexibility index (Phi) is 3.21. The number of benzene rings is 1. The van der Waals surface area contributed by atoms with Crippen molar-refractivity contribution >= 4 is 12.2 Å². The zero-order chi connectivity index (χ0) is 13.3. The topological polar surface area (TPSA) is 15.8 Å². The van der Waals surface area contributed by atoms with Crippen molar-refractivity contribution in [1.82, 2.24) is 4.98 Å². The molecule has 0 aliphatic carbocycles. The van der Waals surface area contributed by atoms with Gasteiger partial charge in [-0.2, -0.15) is 13.2 Å². The lowest BCUT2D eigenvalue weighted by atomic mass is 10.0. The Morgan fingerprint density at radius 1 is 0.944 bits per heavy atom. The molecule has 2 rings (SSSR count). The van der Waals surface area contributed by atoms with Gasteiger partial charge < -0.3 is 4.98 Å². The summed E-state index contributed by atoms with van der Waals surface area (Å²) in [7, 11) is 0. The maximum Gasteiger partial charge on any atom is 0.431 e. The van der Waals surface area contributed by atoms with E-state index in [-0.39, 0.29) is 15.8 Å². The van der Waals surface area contributed by atoms with E-state index in [4.69, 9.17) is 0 Å². The minimum Gasteiger partial charge on any atom is -0.342 e. The molecule has 18 heavy (non-hydrogen) atoms. The molecule has 0 atom stereocenters. The first-order valence-electron chi connectivity index (χ1n) is 4.95. The summed E-state index contributed by atoms with van der Waals surface area (Å²) in [5, 5.41) is 0. The Morgan fingerprint density at radius 2 is 1.61 bits per heavy atom. The smallest absolute Gasteiger partial charge is 0.342 e. The number of aromatic nitrogens is 1. The van der Waals surface area contributed by atoms with Crippen LogP contribution < -0.4 is 0 Å². The van der Waals surface area contributed by atoms with Gasteiger partial charge >= 0.3 is 6.18 Å². The number of pyridine rings is 1. The SMILES string of the molecule is Fc1ccccc1-c1ccc(=S)[nH]c1C(F)(F)F. The molecule has 1 N–H and O–H groups in total. The average Bonchev–Trinajstić information content (AvgIpc) is 2.29. The Labute approximate surface area is 105 Å². The second-order valence-electron chi connectivity index (χ2n) is 3.59. The van der Waals surface area contributed by atoms with E-state index in [0.717, 1.165) is 6.07 Å². The predicted octanol–water partition coefficient (Wildman–Crippen LogP) is 4.57. The first kappa shape index (κ1) is 12.8. The van der Waals surface area contributed by atoms with Crippen LogP contribution in [0.25, 0.3) is 11.1 Å². The van der Waals surface area contributed by atoms with Crippen LogP contribution in [0, 0.1) is 10.5 Å². The van der Waals surface area contributed by atoms with Gasteiger partial charge in [0.15, 0.2) is 0 Å². The van der Waals surface area contributed by atoms with Crippen molar-refractivity contribution in [1.29, 1.82) is 0 Å². The highest BCUT2D eigenvalue weighted by molar-refractivity contribution is 7.71. The highest BCUT2D eigenvalue weighted by Crippen LogP contribution is 2.36. The predicted molar refractivity (Wildman–Crippen MR) is 62.0 cm³/mol. The highest BCUT2D eigenvalue weighted by atomic mass is 32.1. The third kappa shape index (κ3) is 2.43. The van der Waals surface area contributed by atoms with Crippen LogP contribution in [-0.4, -0.2) is 4.98 Å². The Bertz CT molecular complexity index is 630. The molecular formula is C12H7F4NS. The fraction of sp³-hybridized carbons (Fsp3) is 0.0833. The van der Waals surface area contributed by atoms with Crippen molar-refractivity contribution < 1.29 is 17.6 Å². The summed E-state index contributed by atoms with van der Waals surface area (Å²) in [6, 6.07) is 7.75. The maximum atomic E-state index is 13.5. The molecule has 0 saturated carbocycles. The molecule has 2 aromatic rings. The Morgan fingerprint density at radius 3 is 2.22 bits per heavy atom. The van der Waals surface area contributed by atoms with Crippen LogP contribution in [0.5, 0.6) is 0 Å². The number of H-pyrrole nitrogens is 1. The number of hydrogen-bond acceptors (Lipinski definition) is 1. The zero-order valence-corrected chi connectivity index (χ0v) is 9.70. The molecule has 6 heteroatoms. The lowest BCUT2D eigenvalue weighted by molar-refractivity contribution is -0.140. The molecule has 0 fully saturated rings. The van der Waals surface area contributed by atoms with Crippen LogP contribution in [0.3, 0.4) is 0 Å². The quantitative estimate of drug-likeness (QED) is 0.594. The molecule has 0 spiro atoms. The second-order valence-corrected chi connectivity index (χ2v) is 4.03. The zero-order valence-electron chi connectivity index (χ0n) is 8.88. The molecule has 1 aromatic heterocycles. The fourth-order valence-corrected chi connectivity index (χ4v) is 1.77. The van der Waals surface area contributed by atoms with Gasteiger partial charge in [0.2, 0.25) is 0 Å². The second kappa shape index (κ2) is 4.53. The Balaban J connectivity index is 2.73. The average molecular weight is 273 g/mol. The summed E-state index contributed by atoms with van der Waals surface area (Å²) >= 11 is 4.66. The van der Waals surface area contributed by atoms with E-state index >= 15 is 0 Å². The molecule has 0 amide bonds. The maximum absolute atomic E-state index is 13.5. The van der Waals surface area contributed by atoms with Gasteiger partial charge in [-0.1, -0.05) is 30.4 Å². The molecule has 0 unspecified atom stereocenters. The van der Waals surface area contributed by atoms with E-state index < -0.39 is 17.7 Å². The molecule has 1 heterocycles. The van der Waals surface area contributed by atoms with Gasteiger partial charge in [0.05, 0.1) is 0 Å². The molecule has 0 saturated heterocycles. The van der Waals surface area contributed by atoms with Crippen LogP contribution in [0.1, 0.15) is 5.69 Å². The van der Waals surface area contributed by atoms with Crippen molar-refractivity contribution in [2.45, 2.75) is 6.18 Å². The van der Waals surface area contributed by atoms with Gasteiger partial charge in [0.1, 0.15) is 16.2 Å². The van der Waals surface area contributed by atoms with Gasteiger partial charge in [-0.3, -0.25) is 0 Å². The highest BCUT2D eigenvalue weighted by Gasteiger charge is 2.35. The van der Waals surface area contributed by atoms with E-state index in [0.29, 0.717) is 0 Å². The van der Waals surface area contributed by atoms with Gasteiger partial charge in [0, 0.05) is 11.1 Å². The fourth-order valence-electron chi connectivity index (χ4n) is 1.60.